The van der Waals surface area contributed by atoms with Crippen molar-refractivity contribution in [1.29, 1.82) is 0 Å². The van der Waals surface area contributed by atoms with Crippen LogP contribution in [-0.4, -0.2) is 19.5 Å². The normalized spacial score (nSPS) is 9.93. The van der Waals surface area contributed by atoms with E-state index in [1.54, 1.807) is 24.4 Å². The number of hydrogen-bond acceptors (Lipinski definition) is 6. The second kappa shape index (κ2) is 3.84. The Kier molecular flexibility index (Phi) is 2.38. The first-order valence-corrected chi connectivity index (χ1v) is 4.15. The Balaban J connectivity index is 2.51. The number of nitrogens with one attached hydrogen (secondary N) is 1. The van der Waals surface area contributed by atoms with Gasteiger partial charge in [0.15, 0.2) is 0 Å². The molecule has 0 saturated carbocycles. The van der Waals surface area contributed by atoms with Gasteiger partial charge in [-0.25, -0.2) is 25.2 Å². The van der Waals surface area contributed by atoms with Gasteiger partial charge < -0.3 is 0 Å². The lowest BCUT2D eigenvalue weighted by atomic mass is 10.5. The van der Waals surface area contributed by atoms with Crippen molar-refractivity contribution in [2.75, 3.05) is 5.43 Å². The van der Waals surface area contributed by atoms with E-state index in [4.69, 9.17) is 5.84 Å². The molecule has 0 fully saturated rings. The molecule has 0 aliphatic carbocycles. The topological polar surface area (TPSA) is 98.7 Å². The lowest BCUT2D eigenvalue weighted by Gasteiger charge is -2.02. The highest BCUT2D eigenvalue weighted by atomic mass is 16.1. The summed E-state index contributed by atoms with van der Waals surface area (Å²) in [4.78, 5) is 22.9. The smallest absolute Gasteiger partial charge is 0.292 e. The van der Waals surface area contributed by atoms with Crippen LogP contribution in [0.3, 0.4) is 0 Å². The van der Waals surface area contributed by atoms with Crippen LogP contribution in [0.5, 0.6) is 0 Å². The van der Waals surface area contributed by atoms with Crippen LogP contribution in [0, 0.1) is 0 Å². The van der Waals surface area contributed by atoms with Crippen LogP contribution in [0.2, 0.25) is 0 Å². The molecule has 0 saturated heterocycles. The predicted molar refractivity (Wildman–Crippen MR) is 53.2 cm³/mol. The molecule has 2 aromatic rings. The Morgan fingerprint density at radius 2 is 2.20 bits per heavy atom. The molecule has 0 atom stereocenters. The van der Waals surface area contributed by atoms with E-state index in [2.05, 4.69) is 20.4 Å². The van der Waals surface area contributed by atoms with Gasteiger partial charge in [-0.3, -0.25) is 5.43 Å². The van der Waals surface area contributed by atoms with E-state index in [0.29, 0.717) is 5.82 Å². The fourth-order valence-corrected chi connectivity index (χ4v) is 1.06. The Morgan fingerprint density at radius 1 is 1.33 bits per heavy atom. The number of nitrogens with two attached hydrogens (primary N) is 1. The van der Waals surface area contributed by atoms with Gasteiger partial charge in [-0.2, -0.15) is 4.98 Å². The Bertz CT molecular complexity index is 508. The second-order valence-electron chi connectivity index (χ2n) is 2.66. The summed E-state index contributed by atoms with van der Waals surface area (Å²) < 4.78 is 1.22. The minimum atomic E-state index is -0.489. The number of aromatic nitrogens is 4. The van der Waals surface area contributed by atoms with Crippen LogP contribution < -0.4 is 17.0 Å². The number of nitrogen functional groups attached to an aromatic ring is 1. The molecule has 0 aromatic carbocycles. The Hall–Kier alpha value is -2.28. The summed E-state index contributed by atoms with van der Waals surface area (Å²) in [6.45, 7) is 0. The first-order valence-electron chi connectivity index (χ1n) is 4.15. The number of hydrazine groups is 1. The van der Waals surface area contributed by atoms with Gasteiger partial charge in [0, 0.05) is 6.20 Å². The third kappa shape index (κ3) is 1.81. The van der Waals surface area contributed by atoms with E-state index in [-0.39, 0.29) is 5.95 Å². The lowest BCUT2D eigenvalue weighted by Crippen LogP contribution is -2.25. The Labute approximate surface area is 84.6 Å². The van der Waals surface area contributed by atoms with Crippen molar-refractivity contribution < 1.29 is 0 Å². The molecule has 2 heterocycles. The Morgan fingerprint density at radius 3 is 2.80 bits per heavy atom. The van der Waals surface area contributed by atoms with Gasteiger partial charge in [-0.15, -0.1) is 0 Å². The van der Waals surface area contributed by atoms with Crippen LogP contribution in [0.25, 0.3) is 5.82 Å². The fraction of sp³-hybridized carbons (Fsp3) is 0. The molecule has 76 valence electrons. The molecule has 15 heavy (non-hydrogen) atoms. The van der Waals surface area contributed by atoms with Crippen molar-refractivity contribution in [2.24, 2.45) is 5.84 Å². The molecular weight excluding hydrogens is 196 g/mol. The summed E-state index contributed by atoms with van der Waals surface area (Å²) in [5, 5.41) is 0. The molecule has 3 N–H and O–H groups in total. The largest absolute Gasteiger partial charge is 0.357 e. The zero-order valence-electron chi connectivity index (χ0n) is 7.66. The predicted octanol–water partition coefficient (Wildman–Crippen LogP) is -0.692. The number of anilines is 1. The van der Waals surface area contributed by atoms with E-state index in [1.165, 1.54) is 10.9 Å². The summed E-state index contributed by atoms with van der Waals surface area (Å²) in [6, 6.07) is 5.20. The quantitative estimate of drug-likeness (QED) is 0.496. The van der Waals surface area contributed by atoms with Gasteiger partial charge in [-0.05, 0) is 12.1 Å². The highest BCUT2D eigenvalue weighted by Gasteiger charge is 2.02. The highest BCUT2D eigenvalue weighted by molar-refractivity contribution is 5.23. The first-order chi connectivity index (χ1) is 7.31. The standard InChI is InChI=1S/C8H8N6O/c9-13-7-11-5-14(8(15)12-7)6-3-1-2-4-10-6/h1-5H,9H2,(H,12,13,15). The van der Waals surface area contributed by atoms with Crippen molar-refractivity contribution in [3.05, 3.63) is 41.2 Å². The molecule has 0 radical (unpaired) electrons. The maximum Gasteiger partial charge on any atom is 0.357 e. The van der Waals surface area contributed by atoms with Crippen LogP contribution in [0.4, 0.5) is 5.95 Å². The summed E-state index contributed by atoms with van der Waals surface area (Å²) >= 11 is 0. The van der Waals surface area contributed by atoms with E-state index in [0.717, 1.165) is 0 Å². The SMILES string of the molecule is NNc1ncn(-c2ccccn2)c(=O)n1. The van der Waals surface area contributed by atoms with Crippen LogP contribution in [0.1, 0.15) is 0 Å². The molecule has 0 aliphatic rings. The van der Waals surface area contributed by atoms with E-state index < -0.39 is 5.69 Å². The monoisotopic (exact) mass is 204 g/mol. The van der Waals surface area contributed by atoms with E-state index in [1.807, 2.05) is 0 Å². The number of hydrogen-bond donors (Lipinski definition) is 2. The van der Waals surface area contributed by atoms with Crippen molar-refractivity contribution >= 4 is 5.95 Å². The van der Waals surface area contributed by atoms with Crippen LogP contribution >= 0.6 is 0 Å². The molecule has 0 bridgehead atoms. The third-order valence-electron chi connectivity index (χ3n) is 1.73. The minimum Gasteiger partial charge on any atom is -0.292 e. The van der Waals surface area contributed by atoms with Crippen molar-refractivity contribution in [3.63, 3.8) is 0 Å². The van der Waals surface area contributed by atoms with Gasteiger partial charge in [-0.1, -0.05) is 6.07 Å². The zero-order valence-corrected chi connectivity index (χ0v) is 7.66. The van der Waals surface area contributed by atoms with Gasteiger partial charge in [0.1, 0.15) is 12.1 Å². The number of nitrogens with zero attached hydrogens (tertiary/aromatic N) is 4. The van der Waals surface area contributed by atoms with Crippen LogP contribution in [-0.2, 0) is 0 Å². The molecule has 0 aliphatic heterocycles. The number of pyridine rings is 1. The highest BCUT2D eigenvalue weighted by Crippen LogP contribution is 1.97. The molecule has 7 heteroatoms. The van der Waals surface area contributed by atoms with Crippen molar-refractivity contribution in [1.82, 2.24) is 19.5 Å². The van der Waals surface area contributed by atoms with E-state index >= 15 is 0 Å². The summed E-state index contributed by atoms with van der Waals surface area (Å²) in [5.74, 6) is 5.61. The average molecular weight is 204 g/mol. The summed E-state index contributed by atoms with van der Waals surface area (Å²) in [5.41, 5.74) is 1.70. The average Bonchev–Trinajstić information content (AvgIpc) is 2.30. The maximum atomic E-state index is 11.5. The van der Waals surface area contributed by atoms with Gasteiger partial charge in [0.2, 0.25) is 5.95 Å². The maximum absolute atomic E-state index is 11.5. The second-order valence-corrected chi connectivity index (χ2v) is 2.66. The molecule has 0 unspecified atom stereocenters. The lowest BCUT2D eigenvalue weighted by molar-refractivity contribution is 0.835. The van der Waals surface area contributed by atoms with E-state index in [9.17, 15) is 4.79 Å². The van der Waals surface area contributed by atoms with Crippen LogP contribution in [0.15, 0.2) is 35.5 Å². The number of rotatable bonds is 2. The third-order valence-corrected chi connectivity index (χ3v) is 1.73. The van der Waals surface area contributed by atoms with Crippen molar-refractivity contribution in [3.8, 4) is 5.82 Å². The molecular formula is C8H8N6O. The minimum absolute atomic E-state index is 0.0761. The first kappa shape index (κ1) is 9.28. The summed E-state index contributed by atoms with van der Waals surface area (Å²) in [7, 11) is 0. The summed E-state index contributed by atoms with van der Waals surface area (Å²) in [6.07, 6.45) is 2.89. The molecule has 2 rings (SSSR count). The molecule has 7 nitrogen and oxygen atoms in total. The molecule has 2 aromatic heterocycles. The zero-order chi connectivity index (χ0) is 10.7. The van der Waals surface area contributed by atoms with Crippen molar-refractivity contribution in [2.45, 2.75) is 0 Å². The fourth-order valence-electron chi connectivity index (χ4n) is 1.06. The van der Waals surface area contributed by atoms with Gasteiger partial charge in [0.05, 0.1) is 0 Å². The van der Waals surface area contributed by atoms with Gasteiger partial charge in [0.25, 0.3) is 0 Å². The molecule has 0 spiro atoms. The molecule has 0 amide bonds. The van der Waals surface area contributed by atoms with Gasteiger partial charge >= 0.3 is 5.69 Å².